The SMILES string of the molecule is [B]c1cnn2c(C(=C)C3CCCC(C(=O)[C@@H]4C[C@H]4c4ccccc4)CC3)cc(-c3ccccc3C3C=C3)nc12. The van der Waals surface area contributed by atoms with Crippen molar-refractivity contribution in [2.45, 2.75) is 50.4 Å². The molecule has 5 heteroatoms. The number of carbonyl (C=O) groups is 1. The van der Waals surface area contributed by atoms with E-state index >= 15 is 0 Å². The molecule has 4 aromatic rings. The second kappa shape index (κ2) is 9.79. The van der Waals surface area contributed by atoms with Crippen LogP contribution < -0.4 is 5.46 Å². The molecular formula is C34H32BN3O. The molecular weight excluding hydrogens is 477 g/mol. The maximum atomic E-state index is 13.5. The predicted molar refractivity (Wildman–Crippen MR) is 157 cm³/mol. The van der Waals surface area contributed by atoms with Crippen LogP contribution in [-0.4, -0.2) is 28.2 Å². The van der Waals surface area contributed by atoms with Crippen LogP contribution in [0.15, 0.2) is 85.6 Å². The summed E-state index contributed by atoms with van der Waals surface area (Å²) in [7, 11) is 6.32. The van der Waals surface area contributed by atoms with Crippen molar-refractivity contribution in [2.24, 2.45) is 17.8 Å². The number of allylic oxidation sites excluding steroid dienone is 3. The summed E-state index contributed by atoms with van der Waals surface area (Å²) in [6.45, 7) is 4.60. The molecule has 7 rings (SSSR count). The maximum Gasteiger partial charge on any atom is 0.149 e. The number of carbonyl (C=O) groups excluding carboxylic acids is 1. The minimum atomic E-state index is 0.160. The van der Waals surface area contributed by atoms with E-state index in [1.54, 1.807) is 6.20 Å². The molecule has 4 nitrogen and oxygen atoms in total. The number of hydrogen-bond acceptors (Lipinski definition) is 3. The summed E-state index contributed by atoms with van der Waals surface area (Å²) in [5.41, 5.74) is 7.86. The van der Waals surface area contributed by atoms with E-state index in [-0.39, 0.29) is 11.8 Å². The van der Waals surface area contributed by atoms with Crippen molar-refractivity contribution in [1.82, 2.24) is 14.6 Å². The van der Waals surface area contributed by atoms with E-state index < -0.39 is 0 Å². The van der Waals surface area contributed by atoms with Gasteiger partial charge in [0.05, 0.1) is 11.4 Å². The summed E-state index contributed by atoms with van der Waals surface area (Å²) < 4.78 is 1.85. The molecule has 0 amide bonds. The van der Waals surface area contributed by atoms with E-state index in [1.165, 1.54) is 11.1 Å². The highest BCUT2D eigenvalue weighted by Gasteiger charge is 2.46. The fourth-order valence-corrected chi connectivity index (χ4v) is 6.66. The molecule has 2 saturated carbocycles. The second-order valence-corrected chi connectivity index (χ2v) is 11.5. The van der Waals surface area contributed by atoms with Crippen molar-refractivity contribution in [3.8, 4) is 11.3 Å². The third-order valence-corrected chi connectivity index (χ3v) is 9.06. The molecule has 2 heterocycles. The summed E-state index contributed by atoms with van der Waals surface area (Å²) in [4.78, 5) is 18.4. The predicted octanol–water partition coefficient (Wildman–Crippen LogP) is 6.43. The van der Waals surface area contributed by atoms with Gasteiger partial charge in [-0.15, -0.1) is 0 Å². The van der Waals surface area contributed by atoms with Gasteiger partial charge >= 0.3 is 0 Å². The average Bonchev–Trinajstić information content (AvgIpc) is 3.89. The minimum absolute atomic E-state index is 0.160. The lowest BCUT2D eigenvalue weighted by atomic mass is 9.87. The first kappa shape index (κ1) is 24.3. The van der Waals surface area contributed by atoms with Gasteiger partial charge in [-0.05, 0) is 72.2 Å². The van der Waals surface area contributed by atoms with Crippen LogP contribution in [-0.2, 0) is 4.79 Å². The highest BCUT2D eigenvalue weighted by atomic mass is 16.1. The van der Waals surface area contributed by atoms with E-state index in [0.29, 0.717) is 34.6 Å². The van der Waals surface area contributed by atoms with Crippen molar-refractivity contribution >= 4 is 30.3 Å². The van der Waals surface area contributed by atoms with Crippen molar-refractivity contribution in [1.29, 1.82) is 0 Å². The monoisotopic (exact) mass is 509 g/mol. The van der Waals surface area contributed by atoms with Crippen LogP contribution in [0, 0.1) is 17.8 Å². The molecule has 3 aliphatic rings. The van der Waals surface area contributed by atoms with Gasteiger partial charge in [-0.3, -0.25) is 4.79 Å². The van der Waals surface area contributed by atoms with E-state index in [1.807, 2.05) is 10.6 Å². The highest BCUT2D eigenvalue weighted by Crippen LogP contribution is 2.50. The lowest BCUT2D eigenvalue weighted by Crippen LogP contribution is -2.17. The minimum Gasteiger partial charge on any atom is -0.299 e. The Labute approximate surface area is 231 Å². The molecule has 0 N–H and O–H groups in total. The van der Waals surface area contributed by atoms with E-state index in [2.05, 4.69) is 78.4 Å². The molecule has 3 aliphatic carbocycles. The average molecular weight is 509 g/mol. The van der Waals surface area contributed by atoms with Crippen LogP contribution in [0.4, 0.5) is 0 Å². The number of rotatable bonds is 7. The van der Waals surface area contributed by atoms with Crippen LogP contribution in [0.2, 0.25) is 0 Å². The van der Waals surface area contributed by atoms with Crippen LogP contribution >= 0.6 is 0 Å². The molecule has 2 fully saturated rings. The van der Waals surface area contributed by atoms with E-state index in [4.69, 9.17) is 12.8 Å². The van der Waals surface area contributed by atoms with E-state index in [9.17, 15) is 4.79 Å². The Hall–Kier alpha value is -3.73. The lowest BCUT2D eigenvalue weighted by molar-refractivity contribution is -0.124. The molecule has 39 heavy (non-hydrogen) atoms. The number of aromatic nitrogens is 3. The molecule has 2 unspecified atom stereocenters. The van der Waals surface area contributed by atoms with Crippen molar-refractivity contribution in [3.05, 3.63) is 102 Å². The summed E-state index contributed by atoms with van der Waals surface area (Å²) in [5, 5.41) is 4.58. The van der Waals surface area contributed by atoms with Crippen LogP contribution in [0.1, 0.15) is 67.2 Å². The Balaban J connectivity index is 1.12. The van der Waals surface area contributed by atoms with Gasteiger partial charge in [0.2, 0.25) is 0 Å². The lowest BCUT2D eigenvalue weighted by Gasteiger charge is -2.20. The van der Waals surface area contributed by atoms with Gasteiger partial charge in [0.15, 0.2) is 0 Å². The summed E-state index contributed by atoms with van der Waals surface area (Å²) in [6, 6.07) is 21.1. The summed E-state index contributed by atoms with van der Waals surface area (Å²) in [6.07, 6.45) is 12.1. The fraction of sp³-hybridized carbons (Fsp3) is 0.324. The Morgan fingerprint density at radius 3 is 2.51 bits per heavy atom. The topological polar surface area (TPSA) is 47.3 Å². The number of hydrogen-bond donors (Lipinski definition) is 0. The molecule has 0 bridgehead atoms. The van der Waals surface area contributed by atoms with Gasteiger partial charge in [0, 0.05) is 29.5 Å². The third kappa shape index (κ3) is 4.58. The molecule has 2 aromatic heterocycles. The number of benzene rings is 2. The van der Waals surface area contributed by atoms with Gasteiger partial charge in [-0.25, -0.2) is 9.50 Å². The van der Waals surface area contributed by atoms with Gasteiger partial charge in [0.1, 0.15) is 19.3 Å². The van der Waals surface area contributed by atoms with Gasteiger partial charge < -0.3 is 0 Å². The zero-order valence-corrected chi connectivity index (χ0v) is 22.2. The molecule has 192 valence electrons. The normalized spacial score (nSPS) is 24.4. The van der Waals surface area contributed by atoms with Crippen molar-refractivity contribution in [3.63, 3.8) is 0 Å². The Kier molecular flexibility index (Phi) is 6.10. The summed E-state index contributed by atoms with van der Waals surface area (Å²) >= 11 is 0. The first-order chi connectivity index (χ1) is 19.1. The Bertz CT molecular complexity index is 1600. The van der Waals surface area contributed by atoms with Crippen LogP contribution in [0.5, 0.6) is 0 Å². The van der Waals surface area contributed by atoms with E-state index in [0.717, 1.165) is 61.0 Å². The Morgan fingerprint density at radius 1 is 0.949 bits per heavy atom. The molecule has 0 spiro atoms. The van der Waals surface area contributed by atoms with Crippen LogP contribution in [0.3, 0.4) is 0 Å². The highest BCUT2D eigenvalue weighted by molar-refractivity contribution is 6.36. The van der Waals surface area contributed by atoms with Crippen molar-refractivity contribution < 1.29 is 4.79 Å². The first-order valence-corrected chi connectivity index (χ1v) is 14.3. The molecule has 2 aromatic carbocycles. The zero-order chi connectivity index (χ0) is 26.5. The molecule has 0 aliphatic heterocycles. The van der Waals surface area contributed by atoms with Gasteiger partial charge in [-0.2, -0.15) is 5.10 Å². The quantitative estimate of drug-likeness (QED) is 0.164. The fourth-order valence-electron chi connectivity index (χ4n) is 6.66. The van der Waals surface area contributed by atoms with Crippen molar-refractivity contribution in [2.75, 3.05) is 0 Å². The van der Waals surface area contributed by atoms with Gasteiger partial charge in [0.25, 0.3) is 0 Å². The van der Waals surface area contributed by atoms with Crippen LogP contribution in [0.25, 0.3) is 22.5 Å². The number of Topliss-reactive ketones (excluding diaryl/α,β-unsaturated/α-hetero) is 1. The molecule has 0 saturated heterocycles. The number of nitrogens with zero attached hydrogens (tertiary/aromatic N) is 3. The molecule has 4 atom stereocenters. The van der Waals surface area contributed by atoms with Gasteiger partial charge in [-0.1, -0.05) is 79.7 Å². The maximum absolute atomic E-state index is 13.5. The Morgan fingerprint density at radius 2 is 1.69 bits per heavy atom. The standard InChI is InChI=1S/C34H32BN3O/c1-21(22-10-7-11-25(17-14-22)33(39)29-18-28(29)23-8-3-2-4-9-23)32-19-31(37-34-30(35)20-36-38(32)34)27-13-6-5-12-26(27)24-15-16-24/h2-6,8-9,12-13,15-16,19-20,22,24-25,28-29H,1,7,10-11,14,17-18H2/t22?,25?,28-,29+/m0/s1. The third-order valence-electron chi connectivity index (χ3n) is 9.06. The second-order valence-electron chi connectivity index (χ2n) is 11.5. The number of ketones is 1. The smallest absolute Gasteiger partial charge is 0.149 e. The largest absolute Gasteiger partial charge is 0.299 e. The number of fused-ring (bicyclic) bond motifs is 1. The summed E-state index contributed by atoms with van der Waals surface area (Å²) in [5.74, 6) is 1.93. The zero-order valence-electron chi connectivity index (χ0n) is 22.2. The first-order valence-electron chi connectivity index (χ1n) is 14.3. The molecule has 2 radical (unpaired) electrons.